The molecule has 0 fully saturated rings. The number of likely N-dealkylation sites (N-methyl/N-ethyl adjacent to an activating group) is 1. The van der Waals surface area contributed by atoms with Crippen LogP contribution >= 0.6 is 23.1 Å². The molecular formula is C22H30N2O3S2. The standard InChI is InChI=1S/C22H30N2O3S2/c1-5-17-15-18-22(29-17)28-13-12-24(18)21(25)9-11-23(2)10-8-16-6-7-19(26-3)20(14-16)27-4/h6-7,14-15H,5,8-13H2,1-4H3. The number of thiophene rings is 1. The van der Waals surface area contributed by atoms with E-state index in [1.165, 1.54) is 14.6 Å². The van der Waals surface area contributed by atoms with E-state index in [9.17, 15) is 4.79 Å². The third kappa shape index (κ3) is 5.47. The summed E-state index contributed by atoms with van der Waals surface area (Å²) >= 11 is 3.71. The molecule has 1 aromatic heterocycles. The topological polar surface area (TPSA) is 42.0 Å². The smallest absolute Gasteiger partial charge is 0.228 e. The van der Waals surface area contributed by atoms with E-state index >= 15 is 0 Å². The number of anilines is 1. The molecule has 7 heteroatoms. The van der Waals surface area contributed by atoms with Crippen LogP contribution in [0.2, 0.25) is 0 Å². The quantitative estimate of drug-likeness (QED) is 0.588. The minimum atomic E-state index is 0.227. The molecule has 1 aliphatic heterocycles. The molecule has 0 radical (unpaired) electrons. The average molecular weight is 435 g/mol. The number of hydrogen-bond acceptors (Lipinski definition) is 6. The molecule has 29 heavy (non-hydrogen) atoms. The molecule has 0 spiro atoms. The van der Waals surface area contributed by atoms with Crippen LogP contribution < -0.4 is 14.4 Å². The third-order valence-corrected chi connectivity index (χ3v) is 7.68. The molecule has 0 saturated heterocycles. The normalized spacial score (nSPS) is 13.5. The van der Waals surface area contributed by atoms with E-state index < -0.39 is 0 Å². The molecule has 0 bridgehead atoms. The first-order valence-corrected chi connectivity index (χ1v) is 11.8. The van der Waals surface area contributed by atoms with Crippen LogP contribution in [0.3, 0.4) is 0 Å². The number of rotatable bonds is 9. The van der Waals surface area contributed by atoms with Crippen molar-refractivity contribution in [2.75, 3.05) is 51.6 Å². The third-order valence-electron chi connectivity index (χ3n) is 5.16. The summed E-state index contributed by atoms with van der Waals surface area (Å²) in [6.45, 7) is 4.63. The minimum absolute atomic E-state index is 0.227. The summed E-state index contributed by atoms with van der Waals surface area (Å²) in [5, 5.41) is 0. The molecule has 0 unspecified atom stereocenters. The van der Waals surface area contributed by atoms with Crippen LogP contribution in [0.25, 0.3) is 0 Å². The lowest BCUT2D eigenvalue weighted by molar-refractivity contribution is -0.118. The van der Waals surface area contributed by atoms with Gasteiger partial charge < -0.3 is 19.3 Å². The molecule has 0 saturated carbocycles. The van der Waals surface area contributed by atoms with Gasteiger partial charge in [-0.2, -0.15) is 0 Å². The first kappa shape index (κ1) is 22.0. The van der Waals surface area contributed by atoms with E-state index in [0.29, 0.717) is 6.42 Å². The van der Waals surface area contributed by atoms with Crippen LogP contribution in [0.1, 0.15) is 23.8 Å². The number of hydrogen-bond donors (Lipinski definition) is 0. The second-order valence-electron chi connectivity index (χ2n) is 7.13. The van der Waals surface area contributed by atoms with Gasteiger partial charge in [-0.3, -0.25) is 4.79 Å². The van der Waals surface area contributed by atoms with Crippen molar-refractivity contribution in [2.24, 2.45) is 0 Å². The van der Waals surface area contributed by atoms with Gasteiger partial charge in [0.2, 0.25) is 5.91 Å². The lowest BCUT2D eigenvalue weighted by atomic mass is 10.1. The molecule has 3 rings (SSSR count). The Morgan fingerprint density at radius 2 is 1.97 bits per heavy atom. The lowest BCUT2D eigenvalue weighted by Crippen LogP contribution is -2.37. The maximum absolute atomic E-state index is 12.9. The highest BCUT2D eigenvalue weighted by atomic mass is 32.2. The van der Waals surface area contributed by atoms with Gasteiger partial charge in [0, 0.05) is 36.7 Å². The molecule has 0 atom stereocenters. The average Bonchev–Trinajstić information content (AvgIpc) is 3.19. The molecule has 2 aromatic rings. The van der Waals surface area contributed by atoms with Gasteiger partial charge in [-0.1, -0.05) is 13.0 Å². The maximum atomic E-state index is 12.9. The van der Waals surface area contributed by atoms with Gasteiger partial charge in [0.1, 0.15) is 0 Å². The van der Waals surface area contributed by atoms with Crippen molar-refractivity contribution in [3.8, 4) is 11.5 Å². The number of ether oxygens (including phenoxy) is 2. The molecule has 5 nitrogen and oxygen atoms in total. The van der Waals surface area contributed by atoms with Gasteiger partial charge in [0.15, 0.2) is 11.5 Å². The summed E-state index contributed by atoms with van der Waals surface area (Å²) < 4.78 is 12.0. The second-order valence-corrected chi connectivity index (χ2v) is 9.63. The van der Waals surface area contributed by atoms with Crippen molar-refractivity contribution in [1.29, 1.82) is 0 Å². The van der Waals surface area contributed by atoms with Gasteiger partial charge in [-0.05, 0) is 43.7 Å². The van der Waals surface area contributed by atoms with Crippen LogP contribution in [0, 0.1) is 0 Å². The highest BCUT2D eigenvalue weighted by Gasteiger charge is 2.25. The number of amides is 1. The van der Waals surface area contributed by atoms with E-state index in [-0.39, 0.29) is 5.91 Å². The van der Waals surface area contributed by atoms with Crippen LogP contribution in [-0.2, 0) is 17.6 Å². The number of methoxy groups -OCH3 is 2. The number of nitrogens with zero attached hydrogens (tertiary/aromatic N) is 2. The van der Waals surface area contributed by atoms with Crippen molar-refractivity contribution < 1.29 is 14.3 Å². The molecule has 2 heterocycles. The molecule has 1 aliphatic rings. The predicted molar refractivity (Wildman–Crippen MR) is 122 cm³/mol. The van der Waals surface area contributed by atoms with Crippen LogP contribution in [0.4, 0.5) is 5.69 Å². The maximum Gasteiger partial charge on any atom is 0.228 e. The number of benzene rings is 1. The van der Waals surface area contributed by atoms with Gasteiger partial charge in [-0.25, -0.2) is 0 Å². The molecule has 0 N–H and O–H groups in total. The Morgan fingerprint density at radius 3 is 2.69 bits per heavy atom. The SMILES string of the molecule is CCc1cc2c(s1)SCCN2C(=O)CCN(C)CCc1ccc(OC)c(OC)c1. The largest absolute Gasteiger partial charge is 0.493 e. The number of carbonyl (C=O) groups is 1. The van der Waals surface area contributed by atoms with E-state index in [4.69, 9.17) is 9.47 Å². The summed E-state index contributed by atoms with van der Waals surface area (Å²) in [5.41, 5.74) is 2.32. The number of aryl methyl sites for hydroxylation is 1. The fourth-order valence-corrected chi connectivity index (χ4v) is 5.79. The zero-order valence-electron chi connectivity index (χ0n) is 17.7. The Morgan fingerprint density at radius 1 is 1.17 bits per heavy atom. The Balaban J connectivity index is 1.50. The van der Waals surface area contributed by atoms with Crippen LogP contribution in [-0.4, -0.2) is 57.5 Å². The fourth-order valence-electron chi connectivity index (χ4n) is 3.38. The van der Waals surface area contributed by atoms with E-state index in [1.807, 2.05) is 40.1 Å². The molecule has 1 aromatic carbocycles. The first-order valence-electron chi connectivity index (χ1n) is 10.0. The summed E-state index contributed by atoms with van der Waals surface area (Å²) in [6.07, 6.45) is 2.48. The van der Waals surface area contributed by atoms with E-state index in [0.717, 1.165) is 55.4 Å². The Bertz CT molecular complexity index is 837. The minimum Gasteiger partial charge on any atom is -0.493 e. The zero-order valence-corrected chi connectivity index (χ0v) is 19.3. The summed E-state index contributed by atoms with van der Waals surface area (Å²) in [5.74, 6) is 2.71. The predicted octanol–water partition coefficient (Wildman–Crippen LogP) is 4.33. The zero-order chi connectivity index (χ0) is 20.8. The summed E-state index contributed by atoms with van der Waals surface area (Å²) in [4.78, 5) is 18.4. The van der Waals surface area contributed by atoms with Gasteiger partial charge in [0.25, 0.3) is 0 Å². The van der Waals surface area contributed by atoms with Crippen molar-refractivity contribution in [1.82, 2.24) is 4.90 Å². The van der Waals surface area contributed by atoms with Crippen molar-refractivity contribution in [2.45, 2.75) is 30.4 Å². The molecule has 158 valence electrons. The van der Waals surface area contributed by atoms with Gasteiger partial charge in [0.05, 0.1) is 24.1 Å². The molecule has 1 amide bonds. The van der Waals surface area contributed by atoms with Crippen LogP contribution in [0.5, 0.6) is 11.5 Å². The van der Waals surface area contributed by atoms with Crippen molar-refractivity contribution in [3.63, 3.8) is 0 Å². The van der Waals surface area contributed by atoms with Crippen molar-refractivity contribution >= 4 is 34.7 Å². The first-order chi connectivity index (χ1) is 14.0. The highest BCUT2D eigenvalue weighted by Crippen LogP contribution is 2.42. The summed E-state index contributed by atoms with van der Waals surface area (Å²) in [6, 6.07) is 8.22. The Hall–Kier alpha value is -1.70. The Labute approximate surface area is 182 Å². The number of thioether (sulfide) groups is 1. The summed E-state index contributed by atoms with van der Waals surface area (Å²) in [7, 11) is 5.37. The van der Waals surface area contributed by atoms with Gasteiger partial charge in [-0.15, -0.1) is 23.1 Å². The van der Waals surface area contributed by atoms with Crippen LogP contribution in [0.15, 0.2) is 28.5 Å². The van der Waals surface area contributed by atoms with E-state index in [2.05, 4.69) is 31.0 Å². The van der Waals surface area contributed by atoms with E-state index in [1.54, 1.807) is 14.2 Å². The Kier molecular flexibility index (Phi) is 7.86. The fraction of sp³-hybridized carbons (Fsp3) is 0.500. The van der Waals surface area contributed by atoms with Crippen molar-refractivity contribution in [3.05, 3.63) is 34.7 Å². The number of carbonyl (C=O) groups excluding carboxylic acids is 1. The molecular weight excluding hydrogens is 404 g/mol. The van der Waals surface area contributed by atoms with Gasteiger partial charge >= 0.3 is 0 Å². The molecule has 0 aliphatic carbocycles. The lowest BCUT2D eigenvalue weighted by Gasteiger charge is -2.27. The highest BCUT2D eigenvalue weighted by molar-refractivity contribution is 8.01. The monoisotopic (exact) mass is 434 g/mol. The second kappa shape index (κ2) is 10.4. The number of fused-ring (bicyclic) bond motifs is 1.